The van der Waals surface area contributed by atoms with E-state index in [0.717, 1.165) is 12.0 Å². The number of benzene rings is 1. The SMILES string of the molecule is COCCNC(=O)c1cc(Cl)cc2c1O[C@H](C)C2. The summed E-state index contributed by atoms with van der Waals surface area (Å²) in [6, 6.07) is 3.49. The molecule has 2 rings (SSSR count). The van der Waals surface area contributed by atoms with Crippen LogP contribution in [0.1, 0.15) is 22.8 Å². The predicted molar refractivity (Wildman–Crippen MR) is 69.5 cm³/mol. The molecular weight excluding hydrogens is 254 g/mol. The zero-order valence-corrected chi connectivity index (χ0v) is 11.2. The number of fused-ring (bicyclic) bond motifs is 1. The van der Waals surface area contributed by atoms with Crippen LogP contribution in [0.5, 0.6) is 5.75 Å². The summed E-state index contributed by atoms with van der Waals surface area (Å²) >= 11 is 6.02. The Balaban J connectivity index is 2.20. The van der Waals surface area contributed by atoms with Gasteiger partial charge in [-0.05, 0) is 19.1 Å². The molecule has 98 valence electrons. The van der Waals surface area contributed by atoms with E-state index >= 15 is 0 Å². The van der Waals surface area contributed by atoms with Crippen molar-refractivity contribution in [3.8, 4) is 5.75 Å². The van der Waals surface area contributed by atoms with Gasteiger partial charge in [0.15, 0.2) is 0 Å². The van der Waals surface area contributed by atoms with Crippen LogP contribution in [0, 0.1) is 0 Å². The topological polar surface area (TPSA) is 47.6 Å². The summed E-state index contributed by atoms with van der Waals surface area (Å²) in [7, 11) is 1.59. The molecule has 0 fully saturated rings. The summed E-state index contributed by atoms with van der Waals surface area (Å²) in [6.07, 6.45) is 0.873. The van der Waals surface area contributed by atoms with Gasteiger partial charge in [-0.2, -0.15) is 0 Å². The van der Waals surface area contributed by atoms with Crippen molar-refractivity contribution in [3.05, 3.63) is 28.3 Å². The molecule has 1 N–H and O–H groups in total. The van der Waals surface area contributed by atoms with Crippen LogP contribution in [0.4, 0.5) is 0 Å². The largest absolute Gasteiger partial charge is 0.489 e. The van der Waals surface area contributed by atoms with Crippen molar-refractivity contribution in [1.29, 1.82) is 0 Å². The number of nitrogens with one attached hydrogen (secondary N) is 1. The summed E-state index contributed by atoms with van der Waals surface area (Å²) in [5, 5.41) is 3.33. The van der Waals surface area contributed by atoms with Gasteiger partial charge in [-0.3, -0.25) is 4.79 Å². The lowest BCUT2D eigenvalue weighted by molar-refractivity contribution is 0.0932. The predicted octanol–water partition coefficient (Wildman–Crippen LogP) is 2.04. The van der Waals surface area contributed by atoms with Gasteiger partial charge in [-0.25, -0.2) is 0 Å². The van der Waals surface area contributed by atoms with E-state index in [1.807, 2.05) is 13.0 Å². The third-order valence-corrected chi connectivity index (χ3v) is 3.01. The fourth-order valence-corrected chi connectivity index (χ4v) is 2.26. The van der Waals surface area contributed by atoms with Gasteiger partial charge in [-0.1, -0.05) is 11.6 Å². The van der Waals surface area contributed by atoms with Crippen molar-refractivity contribution >= 4 is 17.5 Å². The zero-order chi connectivity index (χ0) is 13.1. The number of amides is 1. The average Bonchev–Trinajstić information content (AvgIpc) is 2.68. The minimum atomic E-state index is -0.181. The number of ether oxygens (including phenoxy) is 2. The second-order valence-corrected chi connectivity index (χ2v) is 4.76. The average molecular weight is 270 g/mol. The molecular formula is C13H16ClNO3. The first-order valence-electron chi connectivity index (χ1n) is 5.88. The Morgan fingerprint density at radius 1 is 1.61 bits per heavy atom. The monoisotopic (exact) mass is 269 g/mol. The molecule has 4 nitrogen and oxygen atoms in total. The number of methoxy groups -OCH3 is 1. The number of carbonyl (C=O) groups excluding carboxylic acids is 1. The summed E-state index contributed by atoms with van der Waals surface area (Å²) in [5.74, 6) is 0.474. The van der Waals surface area contributed by atoms with Crippen molar-refractivity contribution < 1.29 is 14.3 Å². The standard InChI is InChI=1S/C13H16ClNO3/c1-8-5-9-6-10(14)7-11(12(9)18-8)13(16)15-3-4-17-2/h6-8H,3-5H2,1-2H3,(H,15,16)/t8-/m1/s1. The van der Waals surface area contributed by atoms with Crippen molar-refractivity contribution in [3.63, 3.8) is 0 Å². The summed E-state index contributed by atoms with van der Waals surface area (Å²) in [4.78, 5) is 12.0. The molecule has 0 saturated heterocycles. The molecule has 1 amide bonds. The third-order valence-electron chi connectivity index (χ3n) is 2.79. The third kappa shape index (κ3) is 2.76. The van der Waals surface area contributed by atoms with Gasteiger partial charge in [0.05, 0.1) is 12.2 Å². The van der Waals surface area contributed by atoms with Crippen molar-refractivity contribution in [1.82, 2.24) is 5.32 Å². The van der Waals surface area contributed by atoms with E-state index in [1.165, 1.54) is 0 Å². The zero-order valence-electron chi connectivity index (χ0n) is 10.5. The Morgan fingerprint density at radius 3 is 3.11 bits per heavy atom. The molecule has 18 heavy (non-hydrogen) atoms. The van der Waals surface area contributed by atoms with Crippen molar-refractivity contribution in [2.24, 2.45) is 0 Å². The Labute approximate surface area is 111 Å². The van der Waals surface area contributed by atoms with E-state index in [4.69, 9.17) is 21.1 Å². The Hall–Kier alpha value is -1.26. The Kier molecular flexibility index (Phi) is 4.09. The van der Waals surface area contributed by atoms with Gasteiger partial charge in [0, 0.05) is 30.7 Å². The molecule has 0 radical (unpaired) electrons. The minimum Gasteiger partial charge on any atom is -0.489 e. The molecule has 1 atom stereocenters. The maximum atomic E-state index is 12.0. The van der Waals surface area contributed by atoms with Crippen LogP contribution in [-0.4, -0.2) is 32.3 Å². The molecule has 0 aliphatic carbocycles. The Bertz CT molecular complexity index is 462. The molecule has 0 unspecified atom stereocenters. The maximum absolute atomic E-state index is 12.0. The molecule has 1 aromatic carbocycles. The number of hydrogen-bond donors (Lipinski definition) is 1. The molecule has 1 aliphatic heterocycles. The second kappa shape index (κ2) is 5.59. The van der Waals surface area contributed by atoms with Crippen LogP contribution in [0.3, 0.4) is 0 Å². The van der Waals surface area contributed by atoms with Crippen molar-refractivity contribution in [2.75, 3.05) is 20.3 Å². The van der Waals surface area contributed by atoms with Crippen LogP contribution >= 0.6 is 11.6 Å². The fraction of sp³-hybridized carbons (Fsp3) is 0.462. The van der Waals surface area contributed by atoms with E-state index in [-0.39, 0.29) is 12.0 Å². The molecule has 0 spiro atoms. The molecule has 1 aliphatic rings. The number of rotatable bonds is 4. The first kappa shape index (κ1) is 13.2. The van der Waals surface area contributed by atoms with Gasteiger partial charge in [0.25, 0.3) is 5.91 Å². The first-order chi connectivity index (χ1) is 8.61. The van der Waals surface area contributed by atoms with Crippen LogP contribution in [0.2, 0.25) is 5.02 Å². The molecule has 5 heteroatoms. The minimum absolute atomic E-state index is 0.0870. The summed E-state index contributed by atoms with van der Waals surface area (Å²) in [6.45, 7) is 2.92. The highest BCUT2D eigenvalue weighted by Crippen LogP contribution is 2.35. The lowest BCUT2D eigenvalue weighted by Crippen LogP contribution is -2.27. The van der Waals surface area contributed by atoms with E-state index in [1.54, 1.807) is 13.2 Å². The van der Waals surface area contributed by atoms with Gasteiger partial charge in [-0.15, -0.1) is 0 Å². The van der Waals surface area contributed by atoms with Crippen LogP contribution in [-0.2, 0) is 11.2 Å². The first-order valence-corrected chi connectivity index (χ1v) is 6.26. The second-order valence-electron chi connectivity index (χ2n) is 4.32. The fourth-order valence-electron chi connectivity index (χ4n) is 2.02. The number of halogens is 1. The highest BCUT2D eigenvalue weighted by atomic mass is 35.5. The molecule has 0 aromatic heterocycles. The van der Waals surface area contributed by atoms with Crippen LogP contribution < -0.4 is 10.1 Å². The number of carbonyl (C=O) groups is 1. The van der Waals surface area contributed by atoms with Crippen molar-refractivity contribution in [2.45, 2.75) is 19.4 Å². The van der Waals surface area contributed by atoms with Crippen LogP contribution in [0.25, 0.3) is 0 Å². The molecule has 1 aromatic rings. The van der Waals surface area contributed by atoms with Gasteiger partial charge < -0.3 is 14.8 Å². The maximum Gasteiger partial charge on any atom is 0.255 e. The van der Waals surface area contributed by atoms with Gasteiger partial charge >= 0.3 is 0 Å². The summed E-state index contributed by atoms with van der Waals surface area (Å²) < 4.78 is 10.6. The van der Waals surface area contributed by atoms with Gasteiger partial charge in [0.2, 0.25) is 0 Å². The van der Waals surface area contributed by atoms with Gasteiger partial charge in [0.1, 0.15) is 11.9 Å². The normalized spacial score (nSPS) is 17.2. The summed E-state index contributed by atoms with van der Waals surface area (Å²) in [5.41, 5.74) is 1.49. The van der Waals surface area contributed by atoms with E-state index in [2.05, 4.69) is 5.32 Å². The number of hydrogen-bond acceptors (Lipinski definition) is 3. The Morgan fingerprint density at radius 2 is 2.39 bits per heavy atom. The highest BCUT2D eigenvalue weighted by molar-refractivity contribution is 6.31. The molecule has 0 saturated carbocycles. The molecule has 1 heterocycles. The lowest BCUT2D eigenvalue weighted by Gasteiger charge is -2.10. The van der Waals surface area contributed by atoms with E-state index in [9.17, 15) is 4.79 Å². The highest BCUT2D eigenvalue weighted by Gasteiger charge is 2.25. The van der Waals surface area contributed by atoms with E-state index < -0.39 is 0 Å². The molecule has 0 bridgehead atoms. The van der Waals surface area contributed by atoms with E-state index in [0.29, 0.717) is 29.5 Å². The van der Waals surface area contributed by atoms with Crippen LogP contribution in [0.15, 0.2) is 12.1 Å². The quantitative estimate of drug-likeness (QED) is 0.851. The smallest absolute Gasteiger partial charge is 0.255 e. The lowest BCUT2D eigenvalue weighted by atomic mass is 10.1.